The standard InChI is InChI=1S/C11H11N3OS/c1-12-10(15)14(11-13-7-8-16-11)9-5-3-2-4-6-9/h2-8H,1H3,(H,12,15). The normalized spacial score (nSPS) is 9.81. The summed E-state index contributed by atoms with van der Waals surface area (Å²) in [6.45, 7) is 0. The van der Waals surface area contributed by atoms with Gasteiger partial charge in [0.05, 0.1) is 5.69 Å². The van der Waals surface area contributed by atoms with Crippen LogP contribution in [-0.4, -0.2) is 18.1 Å². The van der Waals surface area contributed by atoms with Gasteiger partial charge in [0.25, 0.3) is 0 Å². The largest absolute Gasteiger partial charge is 0.340 e. The van der Waals surface area contributed by atoms with Gasteiger partial charge < -0.3 is 5.32 Å². The summed E-state index contributed by atoms with van der Waals surface area (Å²) in [6, 6.07) is 9.24. The summed E-state index contributed by atoms with van der Waals surface area (Å²) in [6.07, 6.45) is 1.68. The topological polar surface area (TPSA) is 45.2 Å². The van der Waals surface area contributed by atoms with Crippen molar-refractivity contribution in [2.75, 3.05) is 11.9 Å². The van der Waals surface area contributed by atoms with E-state index in [-0.39, 0.29) is 6.03 Å². The van der Waals surface area contributed by atoms with E-state index in [4.69, 9.17) is 0 Å². The lowest BCUT2D eigenvalue weighted by molar-refractivity contribution is 0.250. The Labute approximate surface area is 97.5 Å². The maximum absolute atomic E-state index is 11.8. The van der Waals surface area contributed by atoms with E-state index in [0.717, 1.165) is 5.69 Å². The van der Waals surface area contributed by atoms with Crippen molar-refractivity contribution >= 4 is 28.2 Å². The van der Waals surface area contributed by atoms with Crippen LogP contribution >= 0.6 is 11.3 Å². The fraction of sp³-hybridized carbons (Fsp3) is 0.0909. The molecule has 82 valence electrons. The van der Waals surface area contributed by atoms with Crippen molar-refractivity contribution in [1.29, 1.82) is 0 Å². The molecule has 0 fully saturated rings. The van der Waals surface area contributed by atoms with Gasteiger partial charge >= 0.3 is 6.03 Å². The Morgan fingerprint density at radius 2 is 2.12 bits per heavy atom. The van der Waals surface area contributed by atoms with Crippen LogP contribution in [0.25, 0.3) is 0 Å². The van der Waals surface area contributed by atoms with Crippen LogP contribution in [0.15, 0.2) is 41.9 Å². The van der Waals surface area contributed by atoms with E-state index in [9.17, 15) is 4.79 Å². The molecule has 0 saturated carbocycles. The molecule has 0 bridgehead atoms. The second-order valence-corrected chi connectivity index (χ2v) is 3.91. The number of aromatic nitrogens is 1. The highest BCUT2D eigenvalue weighted by molar-refractivity contribution is 7.13. The number of hydrogen-bond acceptors (Lipinski definition) is 3. The van der Waals surface area contributed by atoms with Gasteiger partial charge in [0.2, 0.25) is 0 Å². The Morgan fingerprint density at radius 1 is 1.38 bits per heavy atom. The van der Waals surface area contributed by atoms with E-state index >= 15 is 0 Å². The molecule has 1 N–H and O–H groups in total. The lowest BCUT2D eigenvalue weighted by atomic mass is 10.3. The maximum atomic E-state index is 11.8. The number of nitrogens with one attached hydrogen (secondary N) is 1. The van der Waals surface area contributed by atoms with E-state index in [1.807, 2.05) is 35.7 Å². The minimum atomic E-state index is -0.193. The van der Waals surface area contributed by atoms with Gasteiger partial charge in [-0.3, -0.25) is 0 Å². The molecule has 16 heavy (non-hydrogen) atoms. The first-order valence-corrected chi connectivity index (χ1v) is 5.67. The van der Waals surface area contributed by atoms with Crippen LogP contribution in [-0.2, 0) is 0 Å². The van der Waals surface area contributed by atoms with Gasteiger partial charge in [0.1, 0.15) is 0 Å². The molecule has 2 amide bonds. The van der Waals surface area contributed by atoms with Crippen LogP contribution in [0.3, 0.4) is 0 Å². The number of para-hydroxylation sites is 1. The third-order valence-electron chi connectivity index (χ3n) is 2.04. The molecule has 0 aliphatic rings. The first-order valence-electron chi connectivity index (χ1n) is 4.79. The van der Waals surface area contributed by atoms with Gasteiger partial charge in [0.15, 0.2) is 5.13 Å². The van der Waals surface area contributed by atoms with E-state index < -0.39 is 0 Å². The summed E-state index contributed by atoms with van der Waals surface area (Å²) < 4.78 is 0. The molecular weight excluding hydrogens is 222 g/mol. The molecule has 5 heteroatoms. The third-order valence-corrected chi connectivity index (χ3v) is 2.80. The highest BCUT2D eigenvalue weighted by Crippen LogP contribution is 2.26. The van der Waals surface area contributed by atoms with Crippen molar-refractivity contribution in [3.05, 3.63) is 41.9 Å². The molecule has 0 aliphatic carbocycles. The van der Waals surface area contributed by atoms with Gasteiger partial charge in [-0.2, -0.15) is 0 Å². The second-order valence-electron chi connectivity index (χ2n) is 3.04. The number of benzene rings is 1. The number of nitrogens with zero attached hydrogens (tertiary/aromatic N) is 2. The van der Waals surface area contributed by atoms with Crippen LogP contribution in [0.5, 0.6) is 0 Å². The summed E-state index contributed by atoms with van der Waals surface area (Å²) in [5, 5.41) is 5.10. The number of carbonyl (C=O) groups is 1. The first kappa shape index (κ1) is 10.6. The molecule has 0 saturated heterocycles. The second kappa shape index (κ2) is 4.76. The first-order chi connectivity index (χ1) is 7.83. The van der Waals surface area contributed by atoms with Gasteiger partial charge in [-0.25, -0.2) is 14.7 Å². The van der Waals surface area contributed by atoms with Crippen molar-refractivity contribution in [3.63, 3.8) is 0 Å². The smallest absolute Gasteiger partial charge is 0.328 e. The Morgan fingerprint density at radius 3 is 2.69 bits per heavy atom. The molecule has 4 nitrogen and oxygen atoms in total. The molecule has 2 aromatic rings. The highest BCUT2D eigenvalue weighted by Gasteiger charge is 2.18. The molecule has 1 heterocycles. The lowest BCUT2D eigenvalue weighted by Crippen LogP contribution is -2.34. The van der Waals surface area contributed by atoms with Crippen molar-refractivity contribution in [3.8, 4) is 0 Å². The minimum Gasteiger partial charge on any atom is -0.340 e. The van der Waals surface area contributed by atoms with Gasteiger partial charge in [-0.05, 0) is 12.1 Å². The Kier molecular flexibility index (Phi) is 3.16. The Balaban J connectivity index is 2.40. The molecule has 0 radical (unpaired) electrons. The lowest BCUT2D eigenvalue weighted by Gasteiger charge is -2.18. The number of carbonyl (C=O) groups excluding carboxylic acids is 1. The predicted octanol–water partition coefficient (Wildman–Crippen LogP) is 2.62. The summed E-state index contributed by atoms with van der Waals surface area (Å²) in [5.41, 5.74) is 0.803. The van der Waals surface area contributed by atoms with Crippen molar-refractivity contribution in [1.82, 2.24) is 10.3 Å². The molecule has 2 rings (SSSR count). The zero-order valence-corrected chi connectivity index (χ0v) is 9.57. The van der Waals surface area contributed by atoms with Crippen LogP contribution in [0.4, 0.5) is 15.6 Å². The van der Waals surface area contributed by atoms with E-state index in [1.54, 1.807) is 18.1 Å². The predicted molar refractivity (Wildman–Crippen MR) is 65.2 cm³/mol. The fourth-order valence-electron chi connectivity index (χ4n) is 1.33. The van der Waals surface area contributed by atoms with Crippen molar-refractivity contribution < 1.29 is 4.79 Å². The molecule has 0 spiro atoms. The summed E-state index contributed by atoms with van der Waals surface area (Å²) >= 11 is 1.42. The number of hydrogen-bond donors (Lipinski definition) is 1. The number of amides is 2. The highest BCUT2D eigenvalue weighted by atomic mass is 32.1. The Hall–Kier alpha value is -1.88. The van der Waals surface area contributed by atoms with Crippen LogP contribution in [0, 0.1) is 0 Å². The average molecular weight is 233 g/mol. The number of thiazole rings is 1. The van der Waals surface area contributed by atoms with Gasteiger partial charge in [-0.15, -0.1) is 11.3 Å². The third kappa shape index (κ3) is 2.04. The monoisotopic (exact) mass is 233 g/mol. The minimum absolute atomic E-state index is 0.193. The fourth-order valence-corrected chi connectivity index (χ4v) is 1.99. The molecule has 0 atom stereocenters. The molecule has 1 aromatic carbocycles. The summed E-state index contributed by atoms with van der Waals surface area (Å²) in [5.74, 6) is 0. The number of rotatable bonds is 2. The van der Waals surface area contributed by atoms with Gasteiger partial charge in [-0.1, -0.05) is 18.2 Å². The van der Waals surface area contributed by atoms with Gasteiger partial charge in [0, 0.05) is 18.6 Å². The number of urea groups is 1. The summed E-state index contributed by atoms with van der Waals surface area (Å²) in [4.78, 5) is 17.5. The van der Waals surface area contributed by atoms with Crippen LogP contribution in [0.2, 0.25) is 0 Å². The number of anilines is 2. The Bertz CT molecular complexity index is 455. The van der Waals surface area contributed by atoms with Crippen LogP contribution in [0.1, 0.15) is 0 Å². The van der Waals surface area contributed by atoms with Crippen molar-refractivity contribution in [2.24, 2.45) is 0 Å². The van der Waals surface area contributed by atoms with Crippen molar-refractivity contribution in [2.45, 2.75) is 0 Å². The zero-order valence-electron chi connectivity index (χ0n) is 8.75. The molecular formula is C11H11N3OS. The summed E-state index contributed by atoms with van der Waals surface area (Å²) in [7, 11) is 1.60. The average Bonchev–Trinajstić information content (AvgIpc) is 2.84. The maximum Gasteiger partial charge on any atom is 0.328 e. The van der Waals surface area contributed by atoms with E-state index in [1.165, 1.54) is 11.3 Å². The SMILES string of the molecule is CNC(=O)N(c1ccccc1)c1nccs1. The quantitative estimate of drug-likeness (QED) is 0.866. The zero-order chi connectivity index (χ0) is 11.4. The molecule has 0 unspecified atom stereocenters. The van der Waals surface area contributed by atoms with E-state index in [2.05, 4.69) is 10.3 Å². The molecule has 1 aromatic heterocycles. The van der Waals surface area contributed by atoms with E-state index in [0.29, 0.717) is 5.13 Å². The van der Waals surface area contributed by atoms with Crippen LogP contribution < -0.4 is 10.2 Å². The molecule has 0 aliphatic heterocycles.